The maximum atomic E-state index is 11.8. The van der Waals surface area contributed by atoms with Crippen molar-refractivity contribution in [3.05, 3.63) is 22.4 Å². The molecule has 24 heavy (non-hydrogen) atoms. The van der Waals surface area contributed by atoms with Crippen molar-refractivity contribution < 1.29 is 4.74 Å². The van der Waals surface area contributed by atoms with Gasteiger partial charge >= 0.3 is 0 Å². The standard InChI is InChI=1S/C17H26ClN4O2/c1-21(23)17-10-14(18)15(19)11-16(17)20-12-2-6-22(7-3-12)13-4-8-24-9-5-13/h10-13,20H,2-9,19H2,1H3/q-1. The van der Waals surface area contributed by atoms with Gasteiger partial charge in [-0.2, -0.15) is 0 Å². The van der Waals surface area contributed by atoms with Gasteiger partial charge in [0, 0.05) is 38.4 Å². The van der Waals surface area contributed by atoms with E-state index < -0.39 is 0 Å². The Labute approximate surface area is 148 Å². The number of benzene rings is 1. The third kappa shape index (κ3) is 4.06. The van der Waals surface area contributed by atoms with E-state index in [1.807, 2.05) is 0 Å². The SMILES string of the molecule is CN([O-])c1cc(Cl)c(N)cc1NC1CCN(C2CCOCC2)CC1. The van der Waals surface area contributed by atoms with E-state index in [0.29, 0.717) is 28.5 Å². The summed E-state index contributed by atoms with van der Waals surface area (Å²) in [5.74, 6) is 0. The normalized spacial score (nSPS) is 21.0. The summed E-state index contributed by atoms with van der Waals surface area (Å²) in [5.41, 5.74) is 7.68. The van der Waals surface area contributed by atoms with Crippen LogP contribution in [-0.2, 0) is 4.74 Å². The number of hydrogen-bond acceptors (Lipinski definition) is 6. The molecule has 2 saturated heterocycles. The predicted molar refractivity (Wildman–Crippen MR) is 99.7 cm³/mol. The number of anilines is 3. The van der Waals surface area contributed by atoms with Crippen LogP contribution < -0.4 is 16.1 Å². The number of ether oxygens (including phenoxy) is 1. The van der Waals surface area contributed by atoms with Crippen molar-refractivity contribution in [2.24, 2.45) is 0 Å². The van der Waals surface area contributed by atoms with E-state index >= 15 is 0 Å². The van der Waals surface area contributed by atoms with Crippen LogP contribution in [0.25, 0.3) is 0 Å². The Balaban J connectivity index is 1.60. The largest absolute Gasteiger partial charge is 0.758 e. The molecule has 0 radical (unpaired) electrons. The second-order valence-corrected chi connectivity index (χ2v) is 7.09. The van der Waals surface area contributed by atoms with Gasteiger partial charge in [0.2, 0.25) is 0 Å². The molecule has 3 N–H and O–H groups in total. The molecule has 0 atom stereocenters. The molecular formula is C17H26ClN4O2-. The maximum absolute atomic E-state index is 11.8. The van der Waals surface area contributed by atoms with E-state index in [4.69, 9.17) is 22.1 Å². The van der Waals surface area contributed by atoms with Gasteiger partial charge in [-0.05, 0) is 44.9 Å². The molecule has 6 nitrogen and oxygen atoms in total. The molecule has 2 fully saturated rings. The molecule has 1 aromatic carbocycles. The third-order valence-corrected chi connectivity index (χ3v) is 5.38. The highest BCUT2D eigenvalue weighted by Crippen LogP contribution is 2.34. The molecular weight excluding hydrogens is 328 g/mol. The zero-order valence-electron chi connectivity index (χ0n) is 14.1. The van der Waals surface area contributed by atoms with Crippen LogP contribution in [0.1, 0.15) is 25.7 Å². The highest BCUT2D eigenvalue weighted by Gasteiger charge is 2.26. The molecule has 2 aliphatic heterocycles. The zero-order valence-corrected chi connectivity index (χ0v) is 14.9. The van der Waals surface area contributed by atoms with E-state index in [9.17, 15) is 5.21 Å². The van der Waals surface area contributed by atoms with Crippen molar-refractivity contribution in [3.8, 4) is 0 Å². The van der Waals surface area contributed by atoms with Crippen LogP contribution in [0.4, 0.5) is 17.1 Å². The molecule has 1 aromatic rings. The third-order valence-electron chi connectivity index (χ3n) is 5.05. The first-order chi connectivity index (χ1) is 11.5. The minimum atomic E-state index is 0.348. The summed E-state index contributed by atoms with van der Waals surface area (Å²) in [6.07, 6.45) is 4.39. The van der Waals surface area contributed by atoms with Crippen LogP contribution in [0.5, 0.6) is 0 Å². The molecule has 7 heteroatoms. The van der Waals surface area contributed by atoms with Crippen LogP contribution in [0.15, 0.2) is 12.1 Å². The van der Waals surface area contributed by atoms with E-state index in [-0.39, 0.29) is 0 Å². The first kappa shape index (κ1) is 17.6. The maximum Gasteiger partial charge on any atom is 0.0657 e. The Morgan fingerprint density at radius 3 is 2.54 bits per heavy atom. The molecule has 0 amide bonds. The molecule has 0 saturated carbocycles. The van der Waals surface area contributed by atoms with Crippen molar-refractivity contribution in [3.63, 3.8) is 0 Å². The molecule has 134 valence electrons. The van der Waals surface area contributed by atoms with Gasteiger partial charge in [0.15, 0.2) is 0 Å². The summed E-state index contributed by atoms with van der Waals surface area (Å²) in [4.78, 5) is 2.58. The van der Waals surface area contributed by atoms with Crippen LogP contribution >= 0.6 is 11.6 Å². The number of piperidine rings is 1. The fourth-order valence-corrected chi connectivity index (χ4v) is 3.79. The van der Waals surface area contributed by atoms with Crippen molar-refractivity contribution in [2.75, 3.05) is 49.5 Å². The number of likely N-dealkylation sites (tertiary alicyclic amines) is 1. The molecule has 0 spiro atoms. The highest BCUT2D eigenvalue weighted by atomic mass is 35.5. The zero-order chi connectivity index (χ0) is 17.1. The van der Waals surface area contributed by atoms with Gasteiger partial charge in [0.25, 0.3) is 0 Å². The van der Waals surface area contributed by atoms with Gasteiger partial charge < -0.3 is 31.0 Å². The number of hydrogen-bond donors (Lipinski definition) is 2. The lowest BCUT2D eigenvalue weighted by Crippen LogP contribution is -2.46. The van der Waals surface area contributed by atoms with E-state index in [2.05, 4.69) is 10.2 Å². The van der Waals surface area contributed by atoms with Crippen LogP contribution in [0.3, 0.4) is 0 Å². The summed E-state index contributed by atoms with van der Waals surface area (Å²) in [7, 11) is 1.47. The van der Waals surface area contributed by atoms with Gasteiger partial charge in [0.1, 0.15) is 0 Å². The van der Waals surface area contributed by atoms with Crippen LogP contribution in [0, 0.1) is 5.21 Å². The molecule has 3 rings (SSSR count). The van der Waals surface area contributed by atoms with E-state index in [1.54, 1.807) is 12.1 Å². The van der Waals surface area contributed by atoms with Gasteiger partial charge in [-0.15, -0.1) is 0 Å². The Morgan fingerprint density at radius 1 is 1.25 bits per heavy atom. The molecule has 0 aromatic heterocycles. The number of nitrogens with two attached hydrogens (primary N) is 1. The van der Waals surface area contributed by atoms with Gasteiger partial charge in [-0.25, -0.2) is 0 Å². The first-order valence-corrected chi connectivity index (χ1v) is 9.00. The van der Waals surface area contributed by atoms with Crippen molar-refractivity contribution in [2.45, 2.75) is 37.8 Å². The van der Waals surface area contributed by atoms with Crippen LogP contribution in [0.2, 0.25) is 5.02 Å². The quantitative estimate of drug-likeness (QED) is 0.640. The van der Waals surface area contributed by atoms with Crippen molar-refractivity contribution in [1.29, 1.82) is 0 Å². The van der Waals surface area contributed by atoms with E-state index in [1.165, 1.54) is 7.05 Å². The number of halogens is 1. The Hall–Kier alpha value is -1.21. The second-order valence-electron chi connectivity index (χ2n) is 6.69. The summed E-state index contributed by atoms with van der Waals surface area (Å²) in [5, 5.41) is 16.5. The minimum absolute atomic E-state index is 0.348. The average Bonchev–Trinajstić information content (AvgIpc) is 2.59. The lowest BCUT2D eigenvalue weighted by molar-refractivity contribution is 0.0262. The molecule has 2 heterocycles. The van der Waals surface area contributed by atoms with Gasteiger partial charge in [0.05, 0.1) is 22.1 Å². The number of nitrogen functional groups attached to an aromatic ring is 1. The fourth-order valence-electron chi connectivity index (χ4n) is 3.63. The van der Waals surface area contributed by atoms with Crippen LogP contribution in [-0.4, -0.2) is 50.3 Å². The Bertz CT molecular complexity index is 556. The molecule has 2 aliphatic rings. The Morgan fingerprint density at radius 2 is 1.92 bits per heavy atom. The van der Waals surface area contributed by atoms with Crippen molar-refractivity contribution in [1.82, 2.24) is 4.90 Å². The molecule has 0 unspecified atom stereocenters. The smallest absolute Gasteiger partial charge is 0.0657 e. The summed E-state index contributed by atoms with van der Waals surface area (Å²) < 4.78 is 5.45. The monoisotopic (exact) mass is 353 g/mol. The lowest BCUT2D eigenvalue weighted by atomic mass is 9.99. The number of hydroxylamine groups is 1. The van der Waals surface area contributed by atoms with E-state index in [0.717, 1.165) is 62.7 Å². The lowest BCUT2D eigenvalue weighted by Gasteiger charge is -2.40. The number of nitrogens with one attached hydrogen (secondary N) is 1. The molecule has 0 aliphatic carbocycles. The fraction of sp³-hybridized carbons (Fsp3) is 0.647. The summed E-state index contributed by atoms with van der Waals surface area (Å²) in [6.45, 7) is 3.92. The average molecular weight is 354 g/mol. The topological polar surface area (TPSA) is 76.8 Å². The van der Waals surface area contributed by atoms with Gasteiger partial charge in [-0.1, -0.05) is 11.6 Å². The summed E-state index contributed by atoms with van der Waals surface area (Å²) in [6, 6.07) is 4.40. The van der Waals surface area contributed by atoms with Crippen molar-refractivity contribution >= 4 is 28.7 Å². The first-order valence-electron chi connectivity index (χ1n) is 8.63. The van der Waals surface area contributed by atoms with Gasteiger partial charge in [-0.3, -0.25) is 0 Å². The highest BCUT2D eigenvalue weighted by molar-refractivity contribution is 6.33. The number of nitrogens with zero attached hydrogens (tertiary/aromatic N) is 2. The predicted octanol–water partition coefficient (Wildman–Crippen LogP) is 2.91. The molecule has 0 bridgehead atoms. The second kappa shape index (κ2) is 7.78. The Kier molecular flexibility index (Phi) is 5.71. The summed E-state index contributed by atoms with van der Waals surface area (Å²) >= 11 is 6.04. The minimum Gasteiger partial charge on any atom is -0.758 e. The number of rotatable bonds is 4.